The maximum atomic E-state index is 10.3. The molecule has 0 spiro atoms. The van der Waals surface area contributed by atoms with Gasteiger partial charge in [-0.1, -0.05) is 13.0 Å². The molecule has 0 aliphatic carbocycles. The summed E-state index contributed by atoms with van der Waals surface area (Å²) in [5.41, 5.74) is 3.53. The number of aromatic nitrogens is 1. The van der Waals surface area contributed by atoms with Crippen molar-refractivity contribution in [3.8, 4) is 0 Å². The van der Waals surface area contributed by atoms with Crippen molar-refractivity contribution in [3.05, 3.63) is 29.1 Å². The van der Waals surface area contributed by atoms with Crippen molar-refractivity contribution in [2.75, 3.05) is 0 Å². The van der Waals surface area contributed by atoms with Crippen LogP contribution in [0.5, 0.6) is 0 Å². The van der Waals surface area contributed by atoms with E-state index >= 15 is 0 Å². The van der Waals surface area contributed by atoms with Gasteiger partial charge in [0.25, 0.3) is 0 Å². The van der Waals surface area contributed by atoms with Crippen LogP contribution in [0.2, 0.25) is 0 Å². The first kappa shape index (κ1) is 10.9. The van der Waals surface area contributed by atoms with Crippen molar-refractivity contribution in [2.24, 2.45) is 0 Å². The zero-order valence-electron chi connectivity index (χ0n) is 9.08. The molecule has 0 aromatic carbocycles. The van der Waals surface area contributed by atoms with Crippen molar-refractivity contribution in [2.45, 2.75) is 39.5 Å². The predicted molar refractivity (Wildman–Crippen MR) is 57.4 cm³/mol. The van der Waals surface area contributed by atoms with Gasteiger partial charge in [0.1, 0.15) is 6.29 Å². The van der Waals surface area contributed by atoms with E-state index < -0.39 is 0 Å². The first-order chi connectivity index (χ1) is 6.65. The SMILES string of the molecule is Cc1cnc(C)c(C(C)CCC=O)c1. The fraction of sp³-hybridized carbons (Fsp3) is 0.500. The molecule has 0 saturated carbocycles. The minimum absolute atomic E-state index is 0.424. The molecular formula is C12H17NO. The van der Waals surface area contributed by atoms with Crippen LogP contribution >= 0.6 is 0 Å². The van der Waals surface area contributed by atoms with Crippen molar-refractivity contribution < 1.29 is 4.79 Å². The lowest BCUT2D eigenvalue weighted by atomic mass is 9.94. The van der Waals surface area contributed by atoms with Crippen LogP contribution < -0.4 is 0 Å². The molecule has 1 rings (SSSR count). The van der Waals surface area contributed by atoms with Crippen LogP contribution in [0.25, 0.3) is 0 Å². The van der Waals surface area contributed by atoms with E-state index in [4.69, 9.17) is 0 Å². The smallest absolute Gasteiger partial charge is 0.120 e. The standard InChI is InChI=1S/C12H17NO/c1-9-7-12(11(3)13-8-9)10(2)5-4-6-14/h6-8,10H,4-5H2,1-3H3. The molecule has 1 aromatic heterocycles. The summed E-state index contributed by atoms with van der Waals surface area (Å²) >= 11 is 0. The molecule has 0 amide bonds. The molecule has 0 aliphatic heterocycles. The van der Waals surface area contributed by atoms with E-state index in [-0.39, 0.29) is 0 Å². The number of pyridine rings is 1. The molecule has 14 heavy (non-hydrogen) atoms. The molecule has 1 aromatic rings. The summed E-state index contributed by atoms with van der Waals surface area (Å²) < 4.78 is 0. The average molecular weight is 191 g/mol. The van der Waals surface area contributed by atoms with Crippen molar-refractivity contribution in [3.63, 3.8) is 0 Å². The second-order valence-electron chi connectivity index (χ2n) is 3.83. The minimum Gasteiger partial charge on any atom is -0.303 e. The third-order valence-corrected chi connectivity index (χ3v) is 2.51. The Labute approximate surface area is 85.4 Å². The maximum Gasteiger partial charge on any atom is 0.120 e. The first-order valence-electron chi connectivity index (χ1n) is 5.02. The fourth-order valence-corrected chi connectivity index (χ4v) is 1.63. The summed E-state index contributed by atoms with van der Waals surface area (Å²) in [6.45, 7) is 6.21. The van der Waals surface area contributed by atoms with Crippen LogP contribution in [0.4, 0.5) is 0 Å². The van der Waals surface area contributed by atoms with E-state index in [0.29, 0.717) is 12.3 Å². The van der Waals surface area contributed by atoms with Crippen molar-refractivity contribution >= 4 is 6.29 Å². The number of carbonyl (C=O) groups is 1. The largest absolute Gasteiger partial charge is 0.303 e. The topological polar surface area (TPSA) is 30.0 Å². The van der Waals surface area contributed by atoms with Gasteiger partial charge in [-0.25, -0.2) is 0 Å². The lowest BCUT2D eigenvalue weighted by Crippen LogP contribution is -2.00. The second kappa shape index (κ2) is 4.89. The quantitative estimate of drug-likeness (QED) is 0.685. The number of aldehydes is 1. The molecule has 0 bridgehead atoms. The van der Waals surface area contributed by atoms with E-state index in [1.165, 1.54) is 11.1 Å². The zero-order valence-corrected chi connectivity index (χ0v) is 9.08. The molecule has 0 saturated heterocycles. The first-order valence-corrected chi connectivity index (χ1v) is 5.02. The van der Waals surface area contributed by atoms with Gasteiger partial charge >= 0.3 is 0 Å². The van der Waals surface area contributed by atoms with Crippen molar-refractivity contribution in [1.29, 1.82) is 0 Å². The zero-order chi connectivity index (χ0) is 10.6. The second-order valence-corrected chi connectivity index (χ2v) is 3.83. The van der Waals surface area contributed by atoms with Gasteiger partial charge in [-0.05, 0) is 37.3 Å². The molecule has 1 heterocycles. The molecule has 0 aliphatic rings. The van der Waals surface area contributed by atoms with E-state index in [0.717, 1.165) is 18.4 Å². The summed E-state index contributed by atoms with van der Waals surface area (Å²) in [4.78, 5) is 14.6. The fourth-order valence-electron chi connectivity index (χ4n) is 1.63. The highest BCUT2D eigenvalue weighted by Gasteiger charge is 2.08. The Morgan fingerprint density at radius 3 is 2.86 bits per heavy atom. The third-order valence-electron chi connectivity index (χ3n) is 2.51. The van der Waals surface area contributed by atoms with Gasteiger partial charge in [-0.15, -0.1) is 0 Å². The monoisotopic (exact) mass is 191 g/mol. The van der Waals surface area contributed by atoms with Gasteiger partial charge in [-0.3, -0.25) is 4.98 Å². The molecule has 2 nitrogen and oxygen atoms in total. The number of aryl methyl sites for hydroxylation is 2. The number of nitrogens with zero attached hydrogens (tertiary/aromatic N) is 1. The Balaban J connectivity index is 2.82. The molecule has 1 unspecified atom stereocenters. The highest BCUT2D eigenvalue weighted by atomic mass is 16.1. The van der Waals surface area contributed by atoms with Gasteiger partial charge in [-0.2, -0.15) is 0 Å². The number of hydrogen-bond donors (Lipinski definition) is 0. The molecule has 0 N–H and O–H groups in total. The molecule has 0 radical (unpaired) electrons. The van der Waals surface area contributed by atoms with Gasteiger partial charge in [0.05, 0.1) is 0 Å². The normalized spacial score (nSPS) is 12.5. The molecule has 2 heteroatoms. The van der Waals surface area contributed by atoms with Crippen LogP contribution in [0.15, 0.2) is 12.3 Å². The van der Waals surface area contributed by atoms with Gasteiger partial charge in [0, 0.05) is 18.3 Å². The summed E-state index contributed by atoms with van der Waals surface area (Å²) in [6.07, 6.45) is 4.41. The Hall–Kier alpha value is -1.18. The Bertz CT molecular complexity index is 320. The molecular weight excluding hydrogens is 174 g/mol. The average Bonchev–Trinajstić information content (AvgIpc) is 2.18. The minimum atomic E-state index is 0.424. The van der Waals surface area contributed by atoms with Gasteiger partial charge in [0.15, 0.2) is 0 Å². The highest BCUT2D eigenvalue weighted by Crippen LogP contribution is 2.22. The maximum absolute atomic E-state index is 10.3. The summed E-state index contributed by atoms with van der Waals surface area (Å²) in [5, 5.41) is 0. The Morgan fingerprint density at radius 2 is 2.21 bits per heavy atom. The van der Waals surface area contributed by atoms with Crippen LogP contribution in [0.1, 0.15) is 42.5 Å². The Kier molecular flexibility index (Phi) is 3.81. The Morgan fingerprint density at radius 1 is 1.50 bits per heavy atom. The lowest BCUT2D eigenvalue weighted by Gasteiger charge is -2.13. The highest BCUT2D eigenvalue weighted by molar-refractivity contribution is 5.49. The van der Waals surface area contributed by atoms with Crippen molar-refractivity contribution in [1.82, 2.24) is 4.98 Å². The lowest BCUT2D eigenvalue weighted by molar-refractivity contribution is -0.108. The predicted octanol–water partition coefficient (Wildman–Crippen LogP) is 2.78. The number of carbonyl (C=O) groups excluding carboxylic acids is 1. The third kappa shape index (κ3) is 2.66. The van der Waals surface area contributed by atoms with Crippen LogP contribution in [-0.4, -0.2) is 11.3 Å². The van der Waals surface area contributed by atoms with E-state index in [2.05, 4.69) is 18.0 Å². The summed E-state index contributed by atoms with van der Waals surface area (Å²) in [5.74, 6) is 0.424. The van der Waals surface area contributed by atoms with E-state index in [1.807, 2.05) is 20.0 Å². The van der Waals surface area contributed by atoms with E-state index in [9.17, 15) is 4.79 Å². The molecule has 1 atom stereocenters. The molecule has 0 fully saturated rings. The van der Waals surface area contributed by atoms with Gasteiger partial charge < -0.3 is 4.79 Å². The van der Waals surface area contributed by atoms with Crippen LogP contribution in [0, 0.1) is 13.8 Å². The molecule has 76 valence electrons. The van der Waals surface area contributed by atoms with Crippen LogP contribution in [0.3, 0.4) is 0 Å². The summed E-state index contributed by atoms with van der Waals surface area (Å²) in [7, 11) is 0. The van der Waals surface area contributed by atoms with E-state index in [1.54, 1.807) is 0 Å². The number of rotatable bonds is 4. The number of hydrogen-bond acceptors (Lipinski definition) is 2. The van der Waals surface area contributed by atoms with Crippen LogP contribution in [-0.2, 0) is 4.79 Å². The summed E-state index contributed by atoms with van der Waals surface area (Å²) in [6, 6.07) is 2.16. The van der Waals surface area contributed by atoms with Gasteiger partial charge in [0.2, 0.25) is 0 Å².